The van der Waals surface area contributed by atoms with Gasteiger partial charge in [0.2, 0.25) is 0 Å². The monoisotopic (exact) mass is 298 g/mol. The number of para-hydroxylation sites is 1. The maximum absolute atomic E-state index is 5.51. The van der Waals surface area contributed by atoms with Gasteiger partial charge in [-0.05, 0) is 18.2 Å². The van der Waals surface area contributed by atoms with Crippen molar-refractivity contribution in [1.29, 1.82) is 0 Å². The summed E-state index contributed by atoms with van der Waals surface area (Å²) in [5, 5.41) is 4.19. The van der Waals surface area contributed by atoms with Crippen LogP contribution in [0.15, 0.2) is 48.9 Å². The molecule has 0 amide bonds. The zero-order chi connectivity index (χ0) is 14.7. The summed E-state index contributed by atoms with van der Waals surface area (Å²) in [5.74, 6) is 0. The van der Waals surface area contributed by atoms with Gasteiger partial charge in [-0.2, -0.15) is 9.97 Å². The highest BCUT2D eigenvalue weighted by atomic mass is 32.1. The Balaban J connectivity index is 1.82. The van der Waals surface area contributed by atoms with Gasteiger partial charge >= 0.3 is 12.0 Å². The van der Waals surface area contributed by atoms with Crippen LogP contribution in [0.3, 0.4) is 0 Å². The summed E-state index contributed by atoms with van der Waals surface area (Å²) in [6.07, 6.45) is 3.05. The van der Waals surface area contributed by atoms with Gasteiger partial charge in [-0.25, -0.2) is 9.67 Å². The quantitative estimate of drug-likeness (QED) is 0.729. The van der Waals surface area contributed by atoms with Crippen molar-refractivity contribution in [2.24, 2.45) is 5.73 Å². The molecule has 1 aromatic carbocycles. The van der Waals surface area contributed by atoms with Crippen LogP contribution in [0.25, 0.3) is 5.69 Å². The molecule has 0 fully saturated rings. The van der Waals surface area contributed by atoms with Gasteiger partial charge in [0.25, 0.3) is 0 Å². The third kappa shape index (κ3) is 3.00. The first-order valence-electron chi connectivity index (χ1n) is 6.00. The van der Waals surface area contributed by atoms with Crippen LogP contribution in [0.2, 0.25) is 0 Å². The summed E-state index contributed by atoms with van der Waals surface area (Å²) < 4.78 is 6.98. The van der Waals surface area contributed by atoms with Gasteiger partial charge in [-0.1, -0.05) is 30.4 Å². The Kier molecular flexibility index (Phi) is 3.52. The molecule has 8 heteroatoms. The zero-order valence-electron chi connectivity index (χ0n) is 10.7. The average molecular weight is 298 g/mol. The standard InChI is InChI=1S/C13H10N6OS/c14-11(21)10-6-7-15-12(17-10)20-13-16-8-19(18-13)9-4-2-1-3-5-9/h1-8H,(H2,14,21). The van der Waals surface area contributed by atoms with Gasteiger partial charge < -0.3 is 10.5 Å². The summed E-state index contributed by atoms with van der Waals surface area (Å²) in [6, 6.07) is 11.4. The van der Waals surface area contributed by atoms with Crippen LogP contribution in [0, 0.1) is 0 Å². The lowest BCUT2D eigenvalue weighted by Gasteiger charge is -2.01. The first-order valence-corrected chi connectivity index (χ1v) is 6.41. The number of hydrogen-bond acceptors (Lipinski definition) is 6. The number of rotatable bonds is 4. The molecule has 0 aliphatic heterocycles. The first kappa shape index (κ1) is 13.1. The van der Waals surface area contributed by atoms with E-state index < -0.39 is 0 Å². The maximum Gasteiger partial charge on any atom is 0.343 e. The van der Waals surface area contributed by atoms with Crippen LogP contribution in [0.1, 0.15) is 5.69 Å². The smallest absolute Gasteiger partial charge is 0.343 e. The van der Waals surface area contributed by atoms with E-state index in [4.69, 9.17) is 22.7 Å². The summed E-state index contributed by atoms with van der Waals surface area (Å²) in [7, 11) is 0. The molecule has 2 heterocycles. The molecular formula is C13H10N6OS. The Hall–Kier alpha value is -2.87. The molecule has 2 N–H and O–H groups in total. The zero-order valence-corrected chi connectivity index (χ0v) is 11.6. The third-order valence-corrected chi connectivity index (χ3v) is 2.77. The molecule has 0 radical (unpaired) electrons. The minimum Gasteiger partial charge on any atom is -0.388 e. The average Bonchev–Trinajstić information content (AvgIpc) is 2.97. The van der Waals surface area contributed by atoms with E-state index in [1.165, 1.54) is 6.20 Å². The second-order valence-electron chi connectivity index (χ2n) is 4.00. The van der Waals surface area contributed by atoms with Crippen molar-refractivity contribution in [3.8, 4) is 17.7 Å². The maximum atomic E-state index is 5.51. The highest BCUT2D eigenvalue weighted by molar-refractivity contribution is 7.80. The molecule has 0 atom stereocenters. The SMILES string of the molecule is NC(=S)c1ccnc(Oc2ncn(-c3ccccc3)n2)n1. The Morgan fingerprint density at radius 3 is 2.67 bits per heavy atom. The van der Waals surface area contributed by atoms with E-state index in [-0.39, 0.29) is 17.0 Å². The third-order valence-electron chi connectivity index (χ3n) is 2.56. The number of nitrogens with zero attached hydrogens (tertiary/aromatic N) is 5. The van der Waals surface area contributed by atoms with Crippen molar-refractivity contribution in [2.75, 3.05) is 0 Å². The van der Waals surface area contributed by atoms with Crippen molar-refractivity contribution in [2.45, 2.75) is 0 Å². The Morgan fingerprint density at radius 1 is 1.10 bits per heavy atom. The fourth-order valence-electron chi connectivity index (χ4n) is 1.61. The summed E-state index contributed by atoms with van der Waals surface area (Å²) in [5.41, 5.74) is 6.81. The van der Waals surface area contributed by atoms with E-state index >= 15 is 0 Å². The van der Waals surface area contributed by atoms with E-state index in [9.17, 15) is 0 Å². The topological polar surface area (TPSA) is 91.7 Å². The molecule has 104 valence electrons. The van der Waals surface area contributed by atoms with Crippen LogP contribution in [0.5, 0.6) is 12.0 Å². The van der Waals surface area contributed by atoms with Gasteiger partial charge in [-0.15, -0.1) is 5.10 Å². The molecule has 0 saturated heterocycles. The second-order valence-corrected chi connectivity index (χ2v) is 4.44. The lowest BCUT2D eigenvalue weighted by atomic mass is 10.3. The van der Waals surface area contributed by atoms with Crippen molar-refractivity contribution >= 4 is 17.2 Å². The molecule has 0 aliphatic carbocycles. The highest BCUT2D eigenvalue weighted by Gasteiger charge is 2.08. The molecule has 0 unspecified atom stereocenters. The molecule has 0 spiro atoms. The Bertz CT molecular complexity index is 773. The molecular weight excluding hydrogens is 288 g/mol. The summed E-state index contributed by atoms with van der Waals surface area (Å²) in [4.78, 5) is 12.2. The lowest BCUT2D eigenvalue weighted by Crippen LogP contribution is -2.12. The van der Waals surface area contributed by atoms with Gasteiger partial charge in [0.15, 0.2) is 0 Å². The number of aromatic nitrogens is 5. The van der Waals surface area contributed by atoms with Crippen LogP contribution >= 0.6 is 12.2 Å². The van der Waals surface area contributed by atoms with E-state index in [1.54, 1.807) is 17.1 Å². The minimum atomic E-state index is 0.0890. The van der Waals surface area contributed by atoms with Crippen molar-refractivity contribution in [1.82, 2.24) is 24.7 Å². The van der Waals surface area contributed by atoms with Crippen molar-refractivity contribution in [3.63, 3.8) is 0 Å². The highest BCUT2D eigenvalue weighted by Crippen LogP contribution is 2.14. The largest absolute Gasteiger partial charge is 0.388 e. The predicted octanol–water partition coefficient (Wildman–Crippen LogP) is 1.48. The van der Waals surface area contributed by atoms with E-state index in [2.05, 4.69) is 20.1 Å². The first-order chi connectivity index (χ1) is 10.2. The molecule has 0 saturated carbocycles. The van der Waals surface area contributed by atoms with Crippen molar-refractivity contribution in [3.05, 3.63) is 54.6 Å². The molecule has 7 nitrogen and oxygen atoms in total. The second kappa shape index (κ2) is 5.63. The van der Waals surface area contributed by atoms with Crippen LogP contribution < -0.4 is 10.5 Å². The molecule has 3 aromatic rings. The fourth-order valence-corrected chi connectivity index (χ4v) is 1.72. The summed E-state index contributed by atoms with van der Waals surface area (Å²) in [6.45, 7) is 0. The van der Waals surface area contributed by atoms with Gasteiger partial charge in [0.05, 0.1) is 5.69 Å². The van der Waals surface area contributed by atoms with Gasteiger partial charge in [0, 0.05) is 6.20 Å². The van der Waals surface area contributed by atoms with Crippen LogP contribution in [0.4, 0.5) is 0 Å². The van der Waals surface area contributed by atoms with Crippen LogP contribution in [-0.4, -0.2) is 29.7 Å². The van der Waals surface area contributed by atoms with Gasteiger partial charge in [-0.3, -0.25) is 0 Å². The molecule has 3 rings (SSSR count). The normalized spacial score (nSPS) is 10.3. The molecule has 21 heavy (non-hydrogen) atoms. The minimum absolute atomic E-state index is 0.0890. The number of hydrogen-bond donors (Lipinski definition) is 1. The summed E-state index contributed by atoms with van der Waals surface area (Å²) >= 11 is 4.85. The van der Waals surface area contributed by atoms with Crippen LogP contribution in [-0.2, 0) is 0 Å². The fraction of sp³-hybridized carbons (Fsp3) is 0. The molecule has 0 aliphatic rings. The molecule has 2 aromatic heterocycles. The number of ether oxygens (including phenoxy) is 1. The van der Waals surface area contributed by atoms with E-state index in [0.29, 0.717) is 5.69 Å². The molecule has 0 bridgehead atoms. The van der Waals surface area contributed by atoms with E-state index in [0.717, 1.165) is 5.69 Å². The lowest BCUT2D eigenvalue weighted by molar-refractivity contribution is 0.406. The Labute approximate surface area is 125 Å². The number of thiocarbonyl (C=S) groups is 1. The van der Waals surface area contributed by atoms with Crippen molar-refractivity contribution < 1.29 is 4.74 Å². The predicted molar refractivity (Wildman–Crippen MR) is 79.4 cm³/mol. The van der Waals surface area contributed by atoms with Gasteiger partial charge in [0.1, 0.15) is 17.0 Å². The number of nitrogens with two attached hydrogens (primary N) is 1. The van der Waals surface area contributed by atoms with E-state index in [1.807, 2.05) is 30.3 Å². The Morgan fingerprint density at radius 2 is 1.90 bits per heavy atom. The number of benzene rings is 1.